The summed E-state index contributed by atoms with van der Waals surface area (Å²) >= 11 is 1.71. The van der Waals surface area contributed by atoms with E-state index in [1.165, 1.54) is 4.88 Å². The fraction of sp³-hybridized carbons (Fsp3) is 0.538. The van der Waals surface area contributed by atoms with Crippen molar-refractivity contribution < 1.29 is 4.74 Å². The SMILES string of the molecule is CNC(c1nc(C)c(C)s1)c1c(C)nn(C)c1OC. The molecule has 0 bridgehead atoms. The lowest BCUT2D eigenvalue weighted by Gasteiger charge is -2.14. The van der Waals surface area contributed by atoms with Gasteiger partial charge in [0.25, 0.3) is 0 Å². The number of ether oxygens (including phenoxy) is 1. The average molecular weight is 280 g/mol. The molecule has 2 aromatic heterocycles. The maximum absolute atomic E-state index is 5.48. The molecule has 0 aromatic carbocycles. The van der Waals surface area contributed by atoms with Crippen LogP contribution in [0, 0.1) is 20.8 Å². The van der Waals surface area contributed by atoms with E-state index in [1.807, 2.05) is 27.9 Å². The molecule has 0 aliphatic carbocycles. The minimum Gasteiger partial charge on any atom is -0.481 e. The van der Waals surface area contributed by atoms with Crippen LogP contribution >= 0.6 is 11.3 Å². The second-order valence-corrected chi connectivity index (χ2v) is 5.78. The molecular weight excluding hydrogens is 260 g/mol. The van der Waals surface area contributed by atoms with Gasteiger partial charge in [0.2, 0.25) is 5.88 Å². The van der Waals surface area contributed by atoms with E-state index in [1.54, 1.807) is 23.1 Å². The number of hydrogen-bond acceptors (Lipinski definition) is 5. The number of nitrogens with one attached hydrogen (secondary N) is 1. The predicted octanol–water partition coefficient (Wildman–Crippen LogP) is 2.12. The Morgan fingerprint density at radius 1 is 1.26 bits per heavy atom. The molecule has 1 unspecified atom stereocenters. The Morgan fingerprint density at radius 2 is 1.95 bits per heavy atom. The van der Waals surface area contributed by atoms with E-state index in [4.69, 9.17) is 4.74 Å². The number of aryl methyl sites for hydroxylation is 4. The first-order valence-corrected chi connectivity index (χ1v) is 6.99. The van der Waals surface area contributed by atoms with Crippen molar-refractivity contribution in [2.75, 3.05) is 14.2 Å². The van der Waals surface area contributed by atoms with Crippen molar-refractivity contribution in [3.05, 3.63) is 26.8 Å². The molecule has 19 heavy (non-hydrogen) atoms. The van der Waals surface area contributed by atoms with Gasteiger partial charge < -0.3 is 10.1 Å². The number of nitrogens with zero attached hydrogens (tertiary/aromatic N) is 3. The topological polar surface area (TPSA) is 52.0 Å². The van der Waals surface area contributed by atoms with Crippen molar-refractivity contribution in [3.8, 4) is 5.88 Å². The van der Waals surface area contributed by atoms with E-state index in [0.717, 1.165) is 27.8 Å². The molecule has 0 aliphatic heterocycles. The molecule has 2 aromatic rings. The van der Waals surface area contributed by atoms with E-state index in [2.05, 4.69) is 22.3 Å². The van der Waals surface area contributed by atoms with Gasteiger partial charge in [-0.05, 0) is 27.8 Å². The monoisotopic (exact) mass is 280 g/mol. The number of thiazole rings is 1. The molecule has 2 heterocycles. The van der Waals surface area contributed by atoms with Gasteiger partial charge in [0.05, 0.1) is 30.1 Å². The molecule has 0 fully saturated rings. The molecule has 0 radical (unpaired) electrons. The molecule has 0 aliphatic rings. The quantitative estimate of drug-likeness (QED) is 0.932. The fourth-order valence-electron chi connectivity index (χ4n) is 2.24. The Labute approximate surface area is 117 Å². The lowest BCUT2D eigenvalue weighted by atomic mass is 10.1. The number of methoxy groups -OCH3 is 1. The van der Waals surface area contributed by atoms with Gasteiger partial charge in [-0.25, -0.2) is 9.67 Å². The fourth-order valence-corrected chi connectivity index (χ4v) is 3.28. The summed E-state index contributed by atoms with van der Waals surface area (Å²) in [5, 5.41) is 8.80. The smallest absolute Gasteiger partial charge is 0.216 e. The van der Waals surface area contributed by atoms with Crippen LogP contribution in [-0.4, -0.2) is 28.9 Å². The Balaban J connectivity index is 2.53. The van der Waals surface area contributed by atoms with Crippen LogP contribution in [0.25, 0.3) is 0 Å². The molecule has 1 N–H and O–H groups in total. The summed E-state index contributed by atoms with van der Waals surface area (Å²) in [6.45, 7) is 6.13. The Morgan fingerprint density at radius 3 is 2.42 bits per heavy atom. The summed E-state index contributed by atoms with van der Waals surface area (Å²) in [5.41, 5.74) is 3.10. The molecule has 0 amide bonds. The average Bonchev–Trinajstić information content (AvgIpc) is 2.82. The van der Waals surface area contributed by atoms with Crippen molar-refractivity contribution in [1.29, 1.82) is 0 Å². The van der Waals surface area contributed by atoms with Gasteiger partial charge in [-0.1, -0.05) is 0 Å². The Kier molecular flexibility index (Phi) is 3.91. The maximum atomic E-state index is 5.48. The third-order valence-corrected chi connectivity index (χ3v) is 4.41. The third kappa shape index (κ3) is 2.37. The van der Waals surface area contributed by atoms with Crippen LogP contribution in [0.15, 0.2) is 0 Å². The lowest BCUT2D eigenvalue weighted by molar-refractivity contribution is 0.366. The van der Waals surface area contributed by atoms with Crippen molar-refractivity contribution in [1.82, 2.24) is 20.1 Å². The first-order chi connectivity index (χ1) is 8.99. The van der Waals surface area contributed by atoms with Gasteiger partial charge in [-0.3, -0.25) is 0 Å². The highest BCUT2D eigenvalue weighted by atomic mass is 32.1. The first-order valence-electron chi connectivity index (χ1n) is 6.18. The van der Waals surface area contributed by atoms with E-state index >= 15 is 0 Å². The summed E-state index contributed by atoms with van der Waals surface area (Å²) < 4.78 is 7.24. The second-order valence-electron chi connectivity index (χ2n) is 4.55. The van der Waals surface area contributed by atoms with E-state index in [-0.39, 0.29) is 6.04 Å². The van der Waals surface area contributed by atoms with E-state index in [9.17, 15) is 0 Å². The van der Waals surface area contributed by atoms with Crippen molar-refractivity contribution in [3.63, 3.8) is 0 Å². The standard InChI is InChI=1S/C13H20N4OS/c1-7-9(3)19-12(15-7)11(14-4)10-8(2)16-17(5)13(10)18-6/h11,14H,1-6H3. The Hall–Kier alpha value is -1.40. The van der Waals surface area contributed by atoms with Gasteiger partial charge in [0, 0.05) is 11.9 Å². The molecule has 0 saturated heterocycles. The summed E-state index contributed by atoms with van der Waals surface area (Å²) in [6, 6.07) is 0.0149. The molecule has 104 valence electrons. The van der Waals surface area contributed by atoms with Crippen LogP contribution in [0.1, 0.15) is 32.9 Å². The van der Waals surface area contributed by atoms with Gasteiger partial charge in [-0.2, -0.15) is 5.10 Å². The molecular formula is C13H20N4OS. The van der Waals surface area contributed by atoms with Crippen LogP contribution in [0.5, 0.6) is 5.88 Å². The minimum absolute atomic E-state index is 0.0149. The van der Waals surface area contributed by atoms with Crippen LogP contribution in [0.3, 0.4) is 0 Å². The lowest BCUT2D eigenvalue weighted by Crippen LogP contribution is -2.18. The maximum Gasteiger partial charge on any atom is 0.216 e. The Bertz CT molecular complexity index is 568. The third-order valence-electron chi connectivity index (χ3n) is 3.28. The van der Waals surface area contributed by atoms with Gasteiger partial charge in [-0.15, -0.1) is 11.3 Å². The highest BCUT2D eigenvalue weighted by Crippen LogP contribution is 2.34. The summed E-state index contributed by atoms with van der Waals surface area (Å²) in [5.74, 6) is 0.780. The number of hydrogen-bond donors (Lipinski definition) is 1. The molecule has 6 heteroatoms. The minimum atomic E-state index is 0.0149. The van der Waals surface area contributed by atoms with Crippen molar-refractivity contribution >= 4 is 11.3 Å². The zero-order valence-corrected chi connectivity index (χ0v) is 13.1. The molecule has 0 spiro atoms. The first kappa shape index (κ1) is 14.0. The summed E-state index contributed by atoms with van der Waals surface area (Å²) in [6.07, 6.45) is 0. The predicted molar refractivity (Wildman–Crippen MR) is 77.0 cm³/mol. The van der Waals surface area contributed by atoms with Crippen LogP contribution in [0.2, 0.25) is 0 Å². The van der Waals surface area contributed by atoms with Crippen molar-refractivity contribution in [2.45, 2.75) is 26.8 Å². The second kappa shape index (κ2) is 5.30. The highest BCUT2D eigenvalue weighted by Gasteiger charge is 2.26. The van der Waals surface area contributed by atoms with E-state index in [0.29, 0.717) is 0 Å². The molecule has 5 nitrogen and oxygen atoms in total. The number of aromatic nitrogens is 3. The normalized spacial score (nSPS) is 12.7. The highest BCUT2D eigenvalue weighted by molar-refractivity contribution is 7.11. The molecule has 2 rings (SSSR count). The van der Waals surface area contributed by atoms with Gasteiger partial charge in [0.1, 0.15) is 5.01 Å². The zero-order chi connectivity index (χ0) is 14.2. The molecule has 1 atom stereocenters. The summed E-state index contributed by atoms with van der Waals surface area (Å²) in [4.78, 5) is 5.89. The van der Waals surface area contributed by atoms with Crippen LogP contribution in [-0.2, 0) is 7.05 Å². The molecule has 0 saturated carbocycles. The zero-order valence-electron chi connectivity index (χ0n) is 12.2. The van der Waals surface area contributed by atoms with Crippen molar-refractivity contribution in [2.24, 2.45) is 7.05 Å². The van der Waals surface area contributed by atoms with Gasteiger partial charge in [0.15, 0.2) is 0 Å². The van der Waals surface area contributed by atoms with Gasteiger partial charge >= 0.3 is 0 Å². The van der Waals surface area contributed by atoms with Crippen LogP contribution in [0.4, 0.5) is 0 Å². The summed E-state index contributed by atoms with van der Waals surface area (Å²) in [7, 11) is 5.49. The van der Waals surface area contributed by atoms with Crippen LogP contribution < -0.4 is 10.1 Å². The number of rotatable bonds is 4. The van der Waals surface area contributed by atoms with E-state index < -0.39 is 0 Å². The largest absolute Gasteiger partial charge is 0.481 e.